The molecule has 5 fully saturated rings. The maximum Gasteiger partial charge on any atom is 0.319 e. The molecular formula is C39H41F4N7O4. The molecule has 0 N–H and O–H groups in total. The first-order valence-corrected chi connectivity index (χ1v) is 18.6. The highest BCUT2D eigenvalue weighted by Gasteiger charge is 2.51. The third-order valence-electron chi connectivity index (χ3n) is 11.8. The van der Waals surface area contributed by atoms with Crippen molar-refractivity contribution in [3.05, 3.63) is 66.1 Å². The summed E-state index contributed by atoms with van der Waals surface area (Å²) >= 11 is 0. The van der Waals surface area contributed by atoms with Crippen LogP contribution < -0.4 is 9.64 Å². The number of hydrogen-bond donors (Lipinski definition) is 0. The van der Waals surface area contributed by atoms with E-state index in [2.05, 4.69) is 19.8 Å². The lowest BCUT2D eigenvalue weighted by molar-refractivity contribution is -0.164. The lowest BCUT2D eigenvalue weighted by Crippen LogP contribution is -2.72. The number of amides is 1. The number of morpholine rings is 1. The molecule has 4 aromatic rings. The molecule has 1 spiro atoms. The normalized spacial score (nSPS) is 24.6. The van der Waals surface area contributed by atoms with Gasteiger partial charge in [-0.1, -0.05) is 30.3 Å². The van der Waals surface area contributed by atoms with E-state index in [1.54, 1.807) is 18.2 Å². The molecule has 0 unspecified atom stereocenters. The van der Waals surface area contributed by atoms with Crippen molar-refractivity contribution >= 4 is 33.4 Å². The molecule has 15 heteroatoms. The largest absolute Gasteiger partial charge is 0.461 e. The maximum absolute atomic E-state index is 16.9. The number of alkyl halides is 1. The van der Waals surface area contributed by atoms with Gasteiger partial charge in [-0.2, -0.15) is 9.97 Å². The second-order valence-corrected chi connectivity index (χ2v) is 15.1. The van der Waals surface area contributed by atoms with Gasteiger partial charge in [-0.25, -0.2) is 17.6 Å². The van der Waals surface area contributed by atoms with Crippen molar-refractivity contribution < 1.29 is 36.6 Å². The third kappa shape index (κ3) is 6.14. The Kier molecular flexibility index (Phi) is 9.15. The van der Waals surface area contributed by atoms with Gasteiger partial charge in [0.05, 0.1) is 37.4 Å². The van der Waals surface area contributed by atoms with Crippen molar-refractivity contribution in [3.63, 3.8) is 0 Å². The lowest BCUT2D eigenvalue weighted by Gasteiger charge is -2.55. The standard InChI is InChI=1S/C39H41F4N7O4/c40-26-18-38(9-3-11-49(38)20-26)24-54-37-45-35-28(19-44-34(33(35)43)27-5-1-4-25-7-8-29(41)32(42)31(25)27)36(46-37)48-12-13-50(39(21-48)22-53-23-39)30(51)6-2-10-47-14-16-52-17-15-47/h1-2,4-8,19,26H,3,9-18,20-24H2/b6-2+/t26-,38+/m1/s1. The quantitative estimate of drug-likeness (QED) is 0.189. The zero-order valence-corrected chi connectivity index (χ0v) is 29.8. The zero-order chi connectivity index (χ0) is 37.0. The second-order valence-electron chi connectivity index (χ2n) is 15.1. The molecule has 2 aromatic heterocycles. The van der Waals surface area contributed by atoms with Crippen LogP contribution in [0, 0.1) is 17.5 Å². The van der Waals surface area contributed by atoms with Crippen molar-refractivity contribution in [2.75, 3.05) is 90.3 Å². The highest BCUT2D eigenvalue weighted by Crippen LogP contribution is 2.42. The van der Waals surface area contributed by atoms with Crippen LogP contribution in [0.4, 0.5) is 23.4 Å². The van der Waals surface area contributed by atoms with E-state index in [0.717, 1.165) is 38.5 Å². The van der Waals surface area contributed by atoms with E-state index in [1.807, 2.05) is 15.9 Å². The number of piperazine rings is 1. The van der Waals surface area contributed by atoms with E-state index in [1.165, 1.54) is 18.3 Å². The minimum atomic E-state index is -1.10. The third-order valence-corrected chi connectivity index (χ3v) is 11.8. The fourth-order valence-electron chi connectivity index (χ4n) is 8.93. The smallest absolute Gasteiger partial charge is 0.319 e. The number of anilines is 1. The minimum Gasteiger partial charge on any atom is -0.461 e. The minimum absolute atomic E-state index is 0.0753. The van der Waals surface area contributed by atoms with Crippen molar-refractivity contribution in [2.24, 2.45) is 0 Å². The summed E-state index contributed by atoms with van der Waals surface area (Å²) in [5.74, 6) is -2.75. The van der Waals surface area contributed by atoms with E-state index >= 15 is 8.78 Å². The fraction of sp³-hybridized carbons (Fsp3) is 0.487. The summed E-state index contributed by atoms with van der Waals surface area (Å²) in [6.07, 6.45) is 6.00. The van der Waals surface area contributed by atoms with E-state index in [9.17, 15) is 13.6 Å². The molecular weight excluding hydrogens is 706 g/mol. The number of carbonyl (C=O) groups excluding carboxylic acids is 1. The van der Waals surface area contributed by atoms with Crippen LogP contribution in [0.5, 0.6) is 6.01 Å². The Bertz CT molecular complexity index is 2130. The number of carbonyl (C=O) groups is 1. The van der Waals surface area contributed by atoms with Crippen LogP contribution in [-0.4, -0.2) is 138 Å². The van der Waals surface area contributed by atoms with Gasteiger partial charge in [0.2, 0.25) is 5.91 Å². The molecule has 1 amide bonds. The first-order valence-electron chi connectivity index (χ1n) is 18.6. The number of fused-ring (bicyclic) bond motifs is 3. The average Bonchev–Trinajstić information content (AvgIpc) is 3.70. The van der Waals surface area contributed by atoms with Gasteiger partial charge in [0, 0.05) is 75.5 Å². The molecule has 54 heavy (non-hydrogen) atoms. The zero-order valence-electron chi connectivity index (χ0n) is 29.8. The van der Waals surface area contributed by atoms with Gasteiger partial charge in [0.1, 0.15) is 35.3 Å². The molecule has 11 nitrogen and oxygen atoms in total. The predicted octanol–water partition coefficient (Wildman–Crippen LogP) is 4.52. The van der Waals surface area contributed by atoms with E-state index in [-0.39, 0.29) is 40.7 Å². The van der Waals surface area contributed by atoms with Gasteiger partial charge in [0.15, 0.2) is 17.5 Å². The van der Waals surface area contributed by atoms with Gasteiger partial charge in [0.25, 0.3) is 0 Å². The molecule has 284 valence electrons. The summed E-state index contributed by atoms with van der Waals surface area (Å²) in [6.45, 7) is 6.60. The van der Waals surface area contributed by atoms with Gasteiger partial charge in [-0.05, 0) is 30.8 Å². The number of benzene rings is 2. The highest BCUT2D eigenvalue weighted by atomic mass is 19.2. The Hall–Kier alpha value is -4.44. The van der Waals surface area contributed by atoms with E-state index < -0.39 is 34.7 Å². The van der Waals surface area contributed by atoms with Crippen LogP contribution >= 0.6 is 0 Å². The fourth-order valence-corrected chi connectivity index (χ4v) is 8.93. The van der Waals surface area contributed by atoms with Crippen LogP contribution in [0.3, 0.4) is 0 Å². The molecule has 5 saturated heterocycles. The number of nitrogens with zero attached hydrogens (tertiary/aromatic N) is 7. The number of rotatable bonds is 8. The average molecular weight is 748 g/mol. The highest BCUT2D eigenvalue weighted by molar-refractivity contribution is 5.99. The summed E-state index contributed by atoms with van der Waals surface area (Å²) in [4.78, 5) is 35.6. The van der Waals surface area contributed by atoms with Crippen LogP contribution in [0.1, 0.15) is 19.3 Å². The Morgan fingerprint density at radius 1 is 1.00 bits per heavy atom. The maximum atomic E-state index is 16.9. The SMILES string of the molecule is O=C(/C=C/CN1CCOCC1)N1CCN(c2nc(OC[C@@]34CCCN3C[C@H](F)C4)nc3c(F)c(-c4cccc5ccc(F)c(F)c45)ncc23)CC12COC2. The molecule has 5 aliphatic heterocycles. The molecule has 0 radical (unpaired) electrons. The van der Waals surface area contributed by atoms with Crippen molar-refractivity contribution in [1.82, 2.24) is 29.7 Å². The lowest BCUT2D eigenvalue weighted by atomic mass is 9.91. The van der Waals surface area contributed by atoms with Crippen molar-refractivity contribution in [3.8, 4) is 17.3 Å². The Labute approximate surface area is 309 Å². The number of pyridine rings is 1. The monoisotopic (exact) mass is 747 g/mol. The van der Waals surface area contributed by atoms with Gasteiger partial charge in [-0.15, -0.1) is 0 Å². The second kappa shape index (κ2) is 14.0. The predicted molar refractivity (Wildman–Crippen MR) is 193 cm³/mol. The Morgan fingerprint density at radius 2 is 1.85 bits per heavy atom. The Balaban J connectivity index is 1.07. The summed E-state index contributed by atoms with van der Waals surface area (Å²) < 4.78 is 78.6. The number of ether oxygens (including phenoxy) is 3. The molecule has 0 bridgehead atoms. The Morgan fingerprint density at radius 3 is 2.67 bits per heavy atom. The summed E-state index contributed by atoms with van der Waals surface area (Å²) in [7, 11) is 0. The number of halogens is 4. The molecule has 0 saturated carbocycles. The molecule has 2 aromatic carbocycles. The van der Waals surface area contributed by atoms with Crippen molar-refractivity contribution in [2.45, 2.75) is 36.5 Å². The van der Waals surface area contributed by atoms with Gasteiger partial charge in [-0.3, -0.25) is 19.6 Å². The first kappa shape index (κ1) is 35.3. The van der Waals surface area contributed by atoms with Crippen LogP contribution in [0.2, 0.25) is 0 Å². The molecule has 0 aliphatic carbocycles. The van der Waals surface area contributed by atoms with Crippen LogP contribution in [-0.2, 0) is 14.3 Å². The molecule has 7 heterocycles. The van der Waals surface area contributed by atoms with Gasteiger partial charge >= 0.3 is 6.01 Å². The molecule has 5 aliphatic rings. The van der Waals surface area contributed by atoms with Gasteiger partial charge < -0.3 is 24.0 Å². The van der Waals surface area contributed by atoms with E-state index in [4.69, 9.17) is 19.2 Å². The van der Waals surface area contributed by atoms with Crippen LogP contribution in [0.15, 0.2) is 48.7 Å². The number of hydrogen-bond acceptors (Lipinski definition) is 10. The number of aromatic nitrogens is 3. The summed E-state index contributed by atoms with van der Waals surface area (Å²) in [5, 5.41) is 0.587. The first-order chi connectivity index (χ1) is 26.2. The van der Waals surface area contributed by atoms with Crippen molar-refractivity contribution in [1.29, 1.82) is 0 Å². The summed E-state index contributed by atoms with van der Waals surface area (Å²) in [5.41, 5.74) is -1.37. The van der Waals surface area contributed by atoms with E-state index in [0.29, 0.717) is 82.2 Å². The summed E-state index contributed by atoms with van der Waals surface area (Å²) in [6, 6.07) is 7.12. The molecule has 2 atom stereocenters. The van der Waals surface area contributed by atoms with Crippen LogP contribution in [0.25, 0.3) is 32.9 Å². The topological polar surface area (TPSA) is 96.4 Å². The molecule has 9 rings (SSSR count).